The van der Waals surface area contributed by atoms with Crippen molar-refractivity contribution in [3.8, 4) is 0 Å². The van der Waals surface area contributed by atoms with E-state index in [-0.39, 0.29) is 12.3 Å². The average molecular weight is 328 g/mol. The number of carbonyl (C=O) groups excluding carboxylic acids is 1. The lowest BCUT2D eigenvalue weighted by atomic mass is 9.93. The standard InChI is InChI=1S/C19H24N2O3/c22-17(21-19(12-18(23)24)10-3-4-11-19)9-5-6-14-13-20-16-8-2-1-7-15(14)16/h1-2,7-8,13,20H,3-6,9-12H2,(H,21,22)(H,23,24). The number of carboxylic acids is 1. The van der Waals surface area contributed by atoms with E-state index in [1.165, 1.54) is 10.9 Å². The highest BCUT2D eigenvalue weighted by atomic mass is 16.4. The Morgan fingerprint density at radius 1 is 1.21 bits per heavy atom. The van der Waals surface area contributed by atoms with Crippen LogP contribution in [0.25, 0.3) is 10.9 Å². The molecule has 1 aliphatic carbocycles. The van der Waals surface area contributed by atoms with Crippen molar-refractivity contribution in [1.29, 1.82) is 0 Å². The molecule has 0 aliphatic heterocycles. The number of aromatic nitrogens is 1. The summed E-state index contributed by atoms with van der Waals surface area (Å²) in [5, 5.41) is 13.3. The van der Waals surface area contributed by atoms with Gasteiger partial charge in [0.1, 0.15) is 0 Å². The fraction of sp³-hybridized carbons (Fsp3) is 0.474. The summed E-state index contributed by atoms with van der Waals surface area (Å²) in [7, 11) is 0. The lowest BCUT2D eigenvalue weighted by molar-refractivity contribution is -0.139. The number of hydrogen-bond acceptors (Lipinski definition) is 2. The van der Waals surface area contributed by atoms with Gasteiger partial charge < -0.3 is 15.4 Å². The molecule has 0 radical (unpaired) electrons. The molecule has 1 saturated carbocycles. The molecule has 0 saturated heterocycles. The number of carbonyl (C=O) groups is 2. The smallest absolute Gasteiger partial charge is 0.305 e. The number of carboxylic acid groups (broad SMARTS) is 1. The highest BCUT2D eigenvalue weighted by Crippen LogP contribution is 2.32. The van der Waals surface area contributed by atoms with Gasteiger partial charge in [0, 0.05) is 23.5 Å². The molecule has 3 rings (SSSR count). The number of aromatic amines is 1. The summed E-state index contributed by atoms with van der Waals surface area (Å²) in [6, 6.07) is 8.14. The Balaban J connectivity index is 1.53. The second-order valence-corrected chi connectivity index (χ2v) is 6.82. The van der Waals surface area contributed by atoms with Crippen LogP contribution < -0.4 is 5.32 Å². The quantitative estimate of drug-likeness (QED) is 0.728. The second-order valence-electron chi connectivity index (χ2n) is 6.82. The number of aliphatic carboxylic acids is 1. The summed E-state index contributed by atoms with van der Waals surface area (Å²) >= 11 is 0. The van der Waals surface area contributed by atoms with Gasteiger partial charge in [-0.05, 0) is 37.3 Å². The van der Waals surface area contributed by atoms with E-state index in [0.29, 0.717) is 6.42 Å². The summed E-state index contributed by atoms with van der Waals surface area (Å²) in [4.78, 5) is 26.6. The monoisotopic (exact) mass is 328 g/mol. The van der Waals surface area contributed by atoms with Crippen LogP contribution in [0.1, 0.15) is 50.5 Å². The minimum Gasteiger partial charge on any atom is -0.481 e. The molecule has 1 aliphatic rings. The van der Waals surface area contributed by atoms with Gasteiger partial charge in [-0.2, -0.15) is 0 Å². The third kappa shape index (κ3) is 3.78. The molecule has 5 heteroatoms. The fourth-order valence-corrected chi connectivity index (χ4v) is 3.82. The van der Waals surface area contributed by atoms with E-state index in [0.717, 1.165) is 44.0 Å². The molecule has 1 aromatic heterocycles. The van der Waals surface area contributed by atoms with Gasteiger partial charge in [0.2, 0.25) is 5.91 Å². The molecule has 0 unspecified atom stereocenters. The average Bonchev–Trinajstić information content (AvgIpc) is 3.14. The highest BCUT2D eigenvalue weighted by Gasteiger charge is 2.37. The molecular formula is C19H24N2O3. The first kappa shape index (κ1) is 16.6. The van der Waals surface area contributed by atoms with Crippen molar-refractivity contribution < 1.29 is 14.7 Å². The summed E-state index contributed by atoms with van der Waals surface area (Å²) in [5.41, 5.74) is 1.81. The normalized spacial score (nSPS) is 16.3. The van der Waals surface area contributed by atoms with Crippen LogP contribution in [-0.4, -0.2) is 27.5 Å². The first-order valence-corrected chi connectivity index (χ1v) is 8.66. The van der Waals surface area contributed by atoms with Gasteiger partial charge in [-0.25, -0.2) is 0 Å². The van der Waals surface area contributed by atoms with Crippen LogP contribution in [0.15, 0.2) is 30.5 Å². The van der Waals surface area contributed by atoms with Gasteiger partial charge in [0.25, 0.3) is 0 Å². The van der Waals surface area contributed by atoms with Crippen LogP contribution in [0, 0.1) is 0 Å². The zero-order valence-electron chi connectivity index (χ0n) is 13.8. The molecule has 0 spiro atoms. The first-order chi connectivity index (χ1) is 11.6. The van der Waals surface area contributed by atoms with Crippen molar-refractivity contribution in [2.75, 3.05) is 0 Å². The van der Waals surface area contributed by atoms with Crippen LogP contribution in [0.5, 0.6) is 0 Å². The Labute approximate surface area is 141 Å². The number of fused-ring (bicyclic) bond motifs is 1. The number of aryl methyl sites for hydroxylation is 1. The predicted molar refractivity (Wildman–Crippen MR) is 92.8 cm³/mol. The van der Waals surface area contributed by atoms with E-state index in [9.17, 15) is 9.59 Å². The van der Waals surface area contributed by atoms with E-state index in [1.54, 1.807) is 0 Å². The van der Waals surface area contributed by atoms with E-state index in [2.05, 4.69) is 16.4 Å². The summed E-state index contributed by atoms with van der Waals surface area (Å²) < 4.78 is 0. The maximum atomic E-state index is 12.3. The molecule has 0 atom stereocenters. The van der Waals surface area contributed by atoms with Crippen LogP contribution in [0.4, 0.5) is 0 Å². The van der Waals surface area contributed by atoms with Gasteiger partial charge in [-0.3, -0.25) is 9.59 Å². The van der Waals surface area contributed by atoms with Gasteiger partial charge >= 0.3 is 5.97 Å². The molecule has 128 valence electrons. The number of H-pyrrole nitrogens is 1. The number of hydrogen-bond donors (Lipinski definition) is 3. The van der Waals surface area contributed by atoms with Crippen LogP contribution >= 0.6 is 0 Å². The Bertz CT molecular complexity index is 729. The lowest BCUT2D eigenvalue weighted by Crippen LogP contribution is -2.47. The van der Waals surface area contributed by atoms with Gasteiger partial charge in [0.15, 0.2) is 0 Å². The van der Waals surface area contributed by atoms with E-state index in [1.807, 2.05) is 24.4 Å². The first-order valence-electron chi connectivity index (χ1n) is 8.66. The SMILES string of the molecule is O=C(O)CC1(NC(=O)CCCc2c[nH]c3ccccc23)CCCC1. The van der Waals surface area contributed by atoms with E-state index in [4.69, 9.17) is 5.11 Å². The Morgan fingerprint density at radius 2 is 1.96 bits per heavy atom. The summed E-state index contributed by atoms with van der Waals surface area (Å²) in [6.45, 7) is 0. The lowest BCUT2D eigenvalue weighted by Gasteiger charge is -2.28. The van der Waals surface area contributed by atoms with Crippen molar-refractivity contribution >= 4 is 22.8 Å². The zero-order valence-corrected chi connectivity index (χ0v) is 13.8. The second kappa shape index (κ2) is 7.07. The molecule has 1 fully saturated rings. The molecule has 0 bridgehead atoms. The molecular weight excluding hydrogens is 304 g/mol. The summed E-state index contributed by atoms with van der Waals surface area (Å²) in [6.07, 6.45) is 7.58. The summed E-state index contributed by atoms with van der Waals surface area (Å²) in [5.74, 6) is -0.867. The topological polar surface area (TPSA) is 82.2 Å². The minimum atomic E-state index is -0.837. The van der Waals surface area contributed by atoms with Crippen LogP contribution in [0.2, 0.25) is 0 Å². The van der Waals surface area contributed by atoms with Crippen molar-refractivity contribution in [3.63, 3.8) is 0 Å². The molecule has 3 N–H and O–H groups in total. The van der Waals surface area contributed by atoms with Gasteiger partial charge in [0.05, 0.1) is 12.0 Å². The largest absolute Gasteiger partial charge is 0.481 e. The number of amides is 1. The third-order valence-corrected chi connectivity index (χ3v) is 4.98. The Hall–Kier alpha value is -2.30. The van der Waals surface area contributed by atoms with Crippen molar-refractivity contribution in [3.05, 3.63) is 36.0 Å². The van der Waals surface area contributed by atoms with Crippen molar-refractivity contribution in [1.82, 2.24) is 10.3 Å². The maximum Gasteiger partial charge on any atom is 0.305 e. The third-order valence-electron chi connectivity index (χ3n) is 4.98. The number of benzene rings is 1. The predicted octanol–water partition coefficient (Wildman–Crippen LogP) is 3.39. The van der Waals surface area contributed by atoms with Crippen LogP contribution in [0.3, 0.4) is 0 Å². The van der Waals surface area contributed by atoms with Crippen molar-refractivity contribution in [2.24, 2.45) is 0 Å². The van der Waals surface area contributed by atoms with Gasteiger partial charge in [-0.1, -0.05) is 31.0 Å². The number of rotatable bonds is 7. The number of nitrogens with one attached hydrogen (secondary N) is 2. The molecule has 24 heavy (non-hydrogen) atoms. The van der Waals surface area contributed by atoms with Gasteiger partial charge in [-0.15, -0.1) is 0 Å². The zero-order chi connectivity index (χ0) is 17.0. The van der Waals surface area contributed by atoms with E-state index >= 15 is 0 Å². The molecule has 1 aromatic carbocycles. The highest BCUT2D eigenvalue weighted by molar-refractivity contribution is 5.83. The molecule has 1 amide bonds. The molecule has 1 heterocycles. The Kier molecular flexibility index (Phi) is 4.88. The Morgan fingerprint density at radius 3 is 2.71 bits per heavy atom. The molecule has 2 aromatic rings. The fourth-order valence-electron chi connectivity index (χ4n) is 3.82. The van der Waals surface area contributed by atoms with E-state index < -0.39 is 11.5 Å². The maximum absolute atomic E-state index is 12.3. The van der Waals surface area contributed by atoms with Crippen LogP contribution in [-0.2, 0) is 16.0 Å². The minimum absolute atomic E-state index is 0.0290. The van der Waals surface area contributed by atoms with Crippen molar-refractivity contribution in [2.45, 2.75) is 56.9 Å². The molecule has 5 nitrogen and oxygen atoms in total. The number of para-hydroxylation sites is 1.